The molecule has 1 aliphatic heterocycles. The van der Waals surface area contributed by atoms with E-state index in [1.165, 1.54) is 0 Å². The number of benzene rings is 2. The van der Waals surface area contributed by atoms with Gasteiger partial charge in [0.2, 0.25) is 0 Å². The van der Waals surface area contributed by atoms with Crippen molar-refractivity contribution in [2.45, 2.75) is 18.9 Å². The molecule has 7 nitrogen and oxygen atoms in total. The van der Waals surface area contributed by atoms with E-state index in [2.05, 4.69) is 41.1 Å². The highest BCUT2D eigenvalue weighted by Gasteiger charge is 2.35. The van der Waals surface area contributed by atoms with Crippen LogP contribution in [0, 0.1) is 17.2 Å². The van der Waals surface area contributed by atoms with Gasteiger partial charge in [0.1, 0.15) is 23.1 Å². The van der Waals surface area contributed by atoms with Crippen LogP contribution in [0.4, 0.5) is 5.82 Å². The zero-order chi connectivity index (χ0) is 24.6. The van der Waals surface area contributed by atoms with Crippen molar-refractivity contribution in [1.82, 2.24) is 24.6 Å². The topological polar surface area (TPSA) is 87.0 Å². The van der Waals surface area contributed by atoms with E-state index in [-0.39, 0.29) is 6.04 Å². The number of aromatic nitrogens is 3. The van der Waals surface area contributed by atoms with Gasteiger partial charge in [0.05, 0.1) is 17.3 Å². The molecule has 0 spiro atoms. The van der Waals surface area contributed by atoms with Crippen molar-refractivity contribution in [3.05, 3.63) is 66.2 Å². The third kappa shape index (κ3) is 4.23. The standard InChI is InChI=1S/C29H31N7/c1-34-11-13-35(14-12-34)19-20-15-24(16-20)36-29(31)25(18-30)28(33-36)23-8-7-22-9-10-26(32-27(22)17-23)21-5-3-2-4-6-21/h2-10,17,20,24H,11-16,19,31H2,1H3/t20-,24+. The van der Waals surface area contributed by atoms with Crippen LogP contribution in [0.15, 0.2) is 60.7 Å². The molecule has 2 aliphatic rings. The van der Waals surface area contributed by atoms with Gasteiger partial charge in [0.25, 0.3) is 0 Å². The highest BCUT2D eigenvalue weighted by atomic mass is 15.3. The zero-order valence-corrected chi connectivity index (χ0v) is 20.6. The number of hydrogen-bond donors (Lipinski definition) is 1. The van der Waals surface area contributed by atoms with Gasteiger partial charge in [-0.2, -0.15) is 10.4 Å². The Morgan fingerprint density at radius 1 is 0.972 bits per heavy atom. The largest absolute Gasteiger partial charge is 0.383 e. The molecular formula is C29H31N7. The number of nitrogens with zero attached hydrogens (tertiary/aromatic N) is 6. The number of piperazine rings is 1. The minimum absolute atomic E-state index is 0.256. The smallest absolute Gasteiger partial charge is 0.140 e. The summed E-state index contributed by atoms with van der Waals surface area (Å²) in [7, 11) is 2.19. The van der Waals surface area contributed by atoms with E-state index in [1.807, 2.05) is 47.1 Å². The van der Waals surface area contributed by atoms with Crippen LogP contribution < -0.4 is 5.73 Å². The predicted molar refractivity (Wildman–Crippen MR) is 143 cm³/mol. The van der Waals surface area contributed by atoms with Gasteiger partial charge < -0.3 is 15.5 Å². The first-order valence-corrected chi connectivity index (χ1v) is 12.7. The molecule has 7 heteroatoms. The van der Waals surface area contributed by atoms with Crippen molar-refractivity contribution in [2.75, 3.05) is 45.5 Å². The Morgan fingerprint density at radius 3 is 2.47 bits per heavy atom. The lowest BCUT2D eigenvalue weighted by atomic mass is 9.80. The lowest BCUT2D eigenvalue weighted by molar-refractivity contribution is 0.0880. The summed E-state index contributed by atoms with van der Waals surface area (Å²) in [6.45, 7) is 5.72. The first kappa shape index (κ1) is 22.7. The van der Waals surface area contributed by atoms with Crippen molar-refractivity contribution >= 4 is 16.7 Å². The Labute approximate surface area is 211 Å². The molecule has 4 aromatic rings. The van der Waals surface area contributed by atoms with Gasteiger partial charge >= 0.3 is 0 Å². The van der Waals surface area contributed by atoms with Crippen molar-refractivity contribution in [2.24, 2.45) is 5.92 Å². The molecule has 36 heavy (non-hydrogen) atoms. The average molecular weight is 478 g/mol. The molecule has 2 N–H and O–H groups in total. The molecule has 0 atom stereocenters. The molecule has 0 amide bonds. The first-order chi connectivity index (χ1) is 17.6. The normalized spacial score (nSPS) is 20.8. The summed E-state index contributed by atoms with van der Waals surface area (Å²) >= 11 is 0. The average Bonchev–Trinajstić information content (AvgIpc) is 3.22. The Bertz CT molecular complexity index is 1420. The third-order valence-electron chi connectivity index (χ3n) is 7.76. The van der Waals surface area contributed by atoms with Gasteiger partial charge in [0.15, 0.2) is 0 Å². The molecule has 6 rings (SSSR count). The fraction of sp³-hybridized carbons (Fsp3) is 0.345. The van der Waals surface area contributed by atoms with Crippen molar-refractivity contribution in [3.8, 4) is 28.6 Å². The summed E-state index contributed by atoms with van der Waals surface area (Å²) in [4.78, 5) is 9.86. The van der Waals surface area contributed by atoms with Crippen LogP contribution in [0.2, 0.25) is 0 Å². The lowest BCUT2D eigenvalue weighted by Crippen LogP contribution is -2.47. The maximum atomic E-state index is 9.93. The molecule has 1 saturated carbocycles. The number of likely N-dealkylation sites (N-methyl/N-ethyl adjacent to an activating group) is 1. The second-order valence-electron chi connectivity index (χ2n) is 10.2. The summed E-state index contributed by atoms with van der Waals surface area (Å²) in [5.41, 5.74) is 11.3. The van der Waals surface area contributed by atoms with Gasteiger partial charge in [-0.25, -0.2) is 9.67 Å². The number of hydrogen-bond acceptors (Lipinski definition) is 6. The second kappa shape index (κ2) is 9.38. The Kier molecular flexibility index (Phi) is 5.92. The summed E-state index contributed by atoms with van der Waals surface area (Å²) in [5, 5.41) is 15.9. The SMILES string of the molecule is CN1CCN(C[C@H]2C[C@@H](n3nc(-c4ccc5ccc(-c6ccccc6)nc5c4)c(C#N)c3N)C2)CC1. The van der Waals surface area contributed by atoms with Crippen molar-refractivity contribution in [3.63, 3.8) is 0 Å². The summed E-state index contributed by atoms with van der Waals surface area (Å²) in [6.07, 6.45) is 2.12. The Morgan fingerprint density at radius 2 is 1.72 bits per heavy atom. The van der Waals surface area contributed by atoms with E-state index < -0.39 is 0 Å². The zero-order valence-electron chi connectivity index (χ0n) is 20.6. The van der Waals surface area contributed by atoms with Gasteiger partial charge in [-0.15, -0.1) is 0 Å². The molecule has 1 aliphatic carbocycles. The molecule has 2 aromatic carbocycles. The van der Waals surface area contributed by atoms with Crippen LogP contribution in [-0.4, -0.2) is 64.3 Å². The maximum Gasteiger partial charge on any atom is 0.140 e. The van der Waals surface area contributed by atoms with Crippen molar-refractivity contribution in [1.29, 1.82) is 5.26 Å². The van der Waals surface area contributed by atoms with Crippen LogP contribution >= 0.6 is 0 Å². The molecule has 2 aromatic heterocycles. The minimum Gasteiger partial charge on any atom is -0.383 e. The van der Waals surface area contributed by atoms with E-state index in [0.717, 1.165) is 73.3 Å². The summed E-state index contributed by atoms with van der Waals surface area (Å²) in [6, 6.07) is 22.9. The van der Waals surface area contributed by atoms with Gasteiger partial charge in [-0.1, -0.05) is 48.5 Å². The summed E-state index contributed by atoms with van der Waals surface area (Å²) in [5.74, 6) is 1.14. The number of nitrogens with two attached hydrogens (primary N) is 1. The first-order valence-electron chi connectivity index (χ1n) is 12.7. The lowest BCUT2D eigenvalue weighted by Gasteiger charge is -2.41. The summed E-state index contributed by atoms with van der Waals surface area (Å²) < 4.78 is 1.90. The number of pyridine rings is 1. The molecular weight excluding hydrogens is 446 g/mol. The number of anilines is 1. The Balaban J connectivity index is 1.24. The molecule has 0 radical (unpaired) electrons. The molecule has 182 valence electrons. The van der Waals surface area contributed by atoms with Gasteiger partial charge in [-0.05, 0) is 37.9 Å². The van der Waals surface area contributed by atoms with Gasteiger partial charge in [0, 0.05) is 49.2 Å². The number of fused-ring (bicyclic) bond motifs is 1. The highest BCUT2D eigenvalue weighted by Crippen LogP contribution is 2.41. The molecule has 1 saturated heterocycles. The quantitative estimate of drug-likeness (QED) is 0.458. The van der Waals surface area contributed by atoms with Crippen LogP contribution in [0.25, 0.3) is 33.4 Å². The van der Waals surface area contributed by atoms with E-state index in [4.69, 9.17) is 15.8 Å². The van der Waals surface area contributed by atoms with E-state index in [0.29, 0.717) is 23.0 Å². The molecule has 2 fully saturated rings. The van der Waals surface area contributed by atoms with Crippen LogP contribution in [-0.2, 0) is 0 Å². The number of nitriles is 1. The highest BCUT2D eigenvalue weighted by molar-refractivity contribution is 5.87. The molecule has 3 heterocycles. The predicted octanol–water partition coefficient (Wildman–Crippen LogP) is 4.42. The minimum atomic E-state index is 0.256. The second-order valence-corrected chi connectivity index (χ2v) is 10.2. The van der Waals surface area contributed by atoms with E-state index in [9.17, 15) is 5.26 Å². The maximum absolute atomic E-state index is 9.93. The van der Waals surface area contributed by atoms with E-state index in [1.54, 1.807) is 0 Å². The van der Waals surface area contributed by atoms with Gasteiger partial charge in [-0.3, -0.25) is 0 Å². The van der Waals surface area contributed by atoms with Crippen molar-refractivity contribution < 1.29 is 0 Å². The molecule has 0 unspecified atom stereocenters. The fourth-order valence-electron chi connectivity index (χ4n) is 5.52. The number of rotatable bonds is 5. The third-order valence-corrected chi connectivity index (χ3v) is 7.76. The van der Waals surface area contributed by atoms with Crippen LogP contribution in [0.5, 0.6) is 0 Å². The number of nitrogen functional groups attached to an aromatic ring is 1. The monoisotopic (exact) mass is 477 g/mol. The Hall–Kier alpha value is -3.73. The van der Waals surface area contributed by atoms with Crippen LogP contribution in [0.1, 0.15) is 24.4 Å². The van der Waals surface area contributed by atoms with Crippen LogP contribution in [0.3, 0.4) is 0 Å². The fourth-order valence-corrected chi connectivity index (χ4v) is 5.52. The molecule has 0 bridgehead atoms. The van der Waals surface area contributed by atoms with E-state index >= 15 is 0 Å².